The monoisotopic (exact) mass is 290 g/mol. The molecule has 2 atom stereocenters. The fraction of sp³-hybridized carbons (Fsp3) is 0.667. The Morgan fingerprint density at radius 3 is 2.86 bits per heavy atom. The first kappa shape index (κ1) is 16.3. The number of nitrogens with one attached hydrogen (secondary N) is 1. The van der Waals surface area contributed by atoms with E-state index >= 15 is 0 Å². The van der Waals surface area contributed by atoms with Gasteiger partial charge in [0.25, 0.3) is 0 Å². The molecule has 1 N–H and O–H groups in total. The van der Waals surface area contributed by atoms with Crippen LogP contribution in [0, 0.1) is 0 Å². The Bertz CT molecular complexity index is 415. The molecule has 3 heteroatoms. The van der Waals surface area contributed by atoms with Crippen LogP contribution in [0.2, 0.25) is 0 Å². The van der Waals surface area contributed by atoms with Crippen molar-refractivity contribution in [2.75, 3.05) is 26.7 Å². The maximum atomic E-state index is 5.55. The molecule has 1 aromatic rings. The van der Waals surface area contributed by atoms with Gasteiger partial charge in [0.15, 0.2) is 0 Å². The van der Waals surface area contributed by atoms with Crippen LogP contribution >= 0.6 is 0 Å². The summed E-state index contributed by atoms with van der Waals surface area (Å²) in [5, 5.41) is 3.63. The van der Waals surface area contributed by atoms with Crippen LogP contribution < -0.4 is 10.1 Å². The Morgan fingerprint density at radius 1 is 1.38 bits per heavy atom. The molecule has 1 fully saturated rings. The van der Waals surface area contributed by atoms with E-state index in [0.29, 0.717) is 12.1 Å². The summed E-state index contributed by atoms with van der Waals surface area (Å²) < 4.78 is 5.55. The van der Waals surface area contributed by atoms with E-state index < -0.39 is 0 Å². The Kier molecular flexibility index (Phi) is 6.52. The molecule has 0 radical (unpaired) electrons. The number of para-hydroxylation sites is 1. The summed E-state index contributed by atoms with van der Waals surface area (Å²) in [4.78, 5) is 2.62. The molecule has 21 heavy (non-hydrogen) atoms. The van der Waals surface area contributed by atoms with Gasteiger partial charge in [-0.3, -0.25) is 4.90 Å². The van der Waals surface area contributed by atoms with Gasteiger partial charge >= 0.3 is 0 Å². The van der Waals surface area contributed by atoms with Crippen LogP contribution in [0.1, 0.15) is 51.1 Å². The van der Waals surface area contributed by atoms with Crippen molar-refractivity contribution >= 4 is 0 Å². The average molecular weight is 290 g/mol. The van der Waals surface area contributed by atoms with Crippen molar-refractivity contribution in [1.29, 1.82) is 0 Å². The van der Waals surface area contributed by atoms with Crippen molar-refractivity contribution in [2.45, 2.75) is 51.6 Å². The third kappa shape index (κ3) is 4.45. The molecule has 0 aliphatic carbocycles. The van der Waals surface area contributed by atoms with Crippen LogP contribution in [-0.2, 0) is 0 Å². The molecule has 0 spiro atoms. The molecule has 2 rings (SSSR count). The van der Waals surface area contributed by atoms with Gasteiger partial charge in [-0.05, 0) is 45.3 Å². The Balaban J connectivity index is 2.09. The van der Waals surface area contributed by atoms with Gasteiger partial charge in [-0.25, -0.2) is 0 Å². The highest BCUT2D eigenvalue weighted by Crippen LogP contribution is 2.29. The number of hydrogen-bond donors (Lipinski definition) is 1. The van der Waals surface area contributed by atoms with E-state index in [0.717, 1.165) is 18.8 Å². The molecule has 0 amide bonds. The maximum Gasteiger partial charge on any atom is 0.123 e. The highest BCUT2D eigenvalue weighted by molar-refractivity contribution is 5.35. The smallest absolute Gasteiger partial charge is 0.123 e. The average Bonchev–Trinajstić information content (AvgIpc) is 3.03. The first-order valence-corrected chi connectivity index (χ1v) is 8.36. The summed E-state index contributed by atoms with van der Waals surface area (Å²) in [6.45, 7) is 8.05. The lowest BCUT2D eigenvalue weighted by Crippen LogP contribution is -2.39. The molecule has 118 valence electrons. The lowest BCUT2D eigenvalue weighted by atomic mass is 10.0. The van der Waals surface area contributed by atoms with Crippen molar-refractivity contribution in [3.8, 4) is 5.75 Å². The maximum absolute atomic E-state index is 5.55. The highest BCUT2D eigenvalue weighted by atomic mass is 16.5. The van der Waals surface area contributed by atoms with Crippen LogP contribution in [0.5, 0.6) is 5.75 Å². The number of benzene rings is 1. The number of ether oxygens (including phenoxy) is 1. The molecule has 0 bridgehead atoms. The summed E-state index contributed by atoms with van der Waals surface area (Å²) in [6, 6.07) is 9.47. The summed E-state index contributed by atoms with van der Waals surface area (Å²) in [5.41, 5.74) is 1.30. The van der Waals surface area contributed by atoms with Gasteiger partial charge in [-0.15, -0.1) is 0 Å². The van der Waals surface area contributed by atoms with Gasteiger partial charge in [0, 0.05) is 24.2 Å². The van der Waals surface area contributed by atoms with E-state index in [1.807, 2.05) is 6.07 Å². The molecule has 1 heterocycles. The highest BCUT2D eigenvalue weighted by Gasteiger charge is 2.23. The van der Waals surface area contributed by atoms with E-state index in [1.54, 1.807) is 7.11 Å². The summed E-state index contributed by atoms with van der Waals surface area (Å²) in [6.07, 6.45) is 5.12. The first-order chi connectivity index (χ1) is 10.3. The third-order valence-corrected chi connectivity index (χ3v) is 4.55. The minimum Gasteiger partial charge on any atom is -0.496 e. The largest absolute Gasteiger partial charge is 0.496 e. The van der Waals surface area contributed by atoms with Crippen molar-refractivity contribution in [3.63, 3.8) is 0 Å². The summed E-state index contributed by atoms with van der Waals surface area (Å²) in [7, 11) is 1.76. The van der Waals surface area contributed by atoms with Gasteiger partial charge in [-0.1, -0.05) is 31.5 Å². The summed E-state index contributed by atoms with van der Waals surface area (Å²) >= 11 is 0. The number of rotatable bonds is 8. The second kappa shape index (κ2) is 8.40. The van der Waals surface area contributed by atoms with Gasteiger partial charge < -0.3 is 10.1 Å². The van der Waals surface area contributed by atoms with Crippen LogP contribution in [0.15, 0.2) is 24.3 Å². The molecular weight excluding hydrogens is 260 g/mol. The van der Waals surface area contributed by atoms with Gasteiger partial charge in [-0.2, -0.15) is 0 Å². The minimum absolute atomic E-state index is 0.398. The molecule has 1 aliphatic heterocycles. The van der Waals surface area contributed by atoms with Crippen LogP contribution in [0.25, 0.3) is 0 Å². The second-order valence-electron chi connectivity index (χ2n) is 6.06. The number of hydrogen-bond acceptors (Lipinski definition) is 3. The third-order valence-electron chi connectivity index (χ3n) is 4.55. The molecule has 3 nitrogen and oxygen atoms in total. The fourth-order valence-corrected chi connectivity index (χ4v) is 3.21. The molecule has 1 saturated heterocycles. The normalized spacial score (nSPS) is 19.9. The zero-order valence-electron chi connectivity index (χ0n) is 13.8. The topological polar surface area (TPSA) is 24.5 Å². The Morgan fingerprint density at radius 2 is 2.19 bits per heavy atom. The predicted octanol–water partition coefficient (Wildman–Crippen LogP) is 3.61. The number of methoxy groups -OCH3 is 1. The van der Waals surface area contributed by atoms with Gasteiger partial charge in [0.2, 0.25) is 0 Å². The summed E-state index contributed by atoms with van der Waals surface area (Å²) in [5.74, 6) is 1.01. The molecule has 0 saturated carbocycles. The second-order valence-corrected chi connectivity index (χ2v) is 6.06. The van der Waals surface area contributed by atoms with E-state index in [2.05, 4.69) is 42.3 Å². The predicted molar refractivity (Wildman–Crippen MR) is 88.9 cm³/mol. The Hall–Kier alpha value is -1.06. The quantitative estimate of drug-likeness (QED) is 0.791. The van der Waals surface area contributed by atoms with Gasteiger partial charge in [0.1, 0.15) is 5.75 Å². The minimum atomic E-state index is 0.398. The van der Waals surface area contributed by atoms with E-state index in [1.165, 1.54) is 37.8 Å². The zero-order valence-corrected chi connectivity index (χ0v) is 13.8. The van der Waals surface area contributed by atoms with Crippen LogP contribution in [0.3, 0.4) is 0 Å². The molecule has 2 unspecified atom stereocenters. The fourth-order valence-electron chi connectivity index (χ4n) is 3.21. The van der Waals surface area contributed by atoms with Crippen molar-refractivity contribution in [2.24, 2.45) is 0 Å². The lowest BCUT2D eigenvalue weighted by molar-refractivity contribution is 0.186. The Labute approximate surface area is 129 Å². The van der Waals surface area contributed by atoms with Crippen LogP contribution in [-0.4, -0.2) is 37.7 Å². The number of unbranched alkanes of at least 4 members (excludes halogenated alkanes) is 1. The number of nitrogens with zero attached hydrogens (tertiary/aromatic N) is 1. The molecule has 1 aliphatic rings. The van der Waals surface area contributed by atoms with E-state index in [-0.39, 0.29) is 0 Å². The molecular formula is C18H30N2O. The van der Waals surface area contributed by atoms with Crippen LogP contribution in [0.4, 0.5) is 0 Å². The zero-order chi connectivity index (χ0) is 15.1. The SMILES string of the molecule is CCCCN(CC1CCCN1)C(C)c1ccccc1OC. The van der Waals surface area contributed by atoms with E-state index in [4.69, 9.17) is 4.74 Å². The lowest BCUT2D eigenvalue weighted by Gasteiger charge is -2.32. The molecule has 1 aromatic carbocycles. The van der Waals surface area contributed by atoms with Crippen molar-refractivity contribution in [3.05, 3.63) is 29.8 Å². The van der Waals surface area contributed by atoms with Crippen molar-refractivity contribution < 1.29 is 4.74 Å². The standard InChI is InChI=1S/C18H30N2O/c1-4-5-13-20(14-16-9-8-12-19-16)15(2)17-10-6-7-11-18(17)21-3/h6-7,10-11,15-16,19H,4-5,8-9,12-14H2,1-3H3. The first-order valence-electron chi connectivity index (χ1n) is 8.36. The van der Waals surface area contributed by atoms with E-state index in [9.17, 15) is 0 Å². The molecule has 0 aromatic heterocycles. The van der Waals surface area contributed by atoms with Gasteiger partial charge in [0.05, 0.1) is 7.11 Å². The van der Waals surface area contributed by atoms with Crippen molar-refractivity contribution in [1.82, 2.24) is 10.2 Å².